The summed E-state index contributed by atoms with van der Waals surface area (Å²) in [4.78, 5) is 14.6. The molecule has 1 amide bonds. The molecule has 2 aromatic carbocycles. The van der Waals surface area contributed by atoms with Gasteiger partial charge in [-0.05, 0) is 30.7 Å². The number of thioether (sulfide) groups is 1. The Morgan fingerprint density at radius 3 is 2.50 bits per heavy atom. The van der Waals surface area contributed by atoms with Gasteiger partial charge in [0.15, 0.2) is 0 Å². The fourth-order valence-electron chi connectivity index (χ4n) is 2.58. The van der Waals surface area contributed by atoms with Crippen molar-refractivity contribution < 1.29 is 4.79 Å². The molecule has 2 unspecified atom stereocenters. The van der Waals surface area contributed by atoms with Crippen molar-refractivity contribution >= 4 is 46.6 Å². The molecule has 2 nitrogen and oxygen atoms in total. The van der Waals surface area contributed by atoms with E-state index in [0.717, 1.165) is 17.7 Å². The van der Waals surface area contributed by atoms with Gasteiger partial charge in [0, 0.05) is 21.3 Å². The van der Waals surface area contributed by atoms with E-state index in [-0.39, 0.29) is 16.5 Å². The number of hydrogen-bond acceptors (Lipinski definition) is 2. The monoisotopic (exact) mass is 351 g/mol. The molecule has 1 fully saturated rings. The van der Waals surface area contributed by atoms with Crippen molar-refractivity contribution in [3.63, 3.8) is 0 Å². The molecular formula is C17H15Cl2NOS. The summed E-state index contributed by atoms with van der Waals surface area (Å²) in [5.41, 5.74) is 1.82. The Hall–Kier alpha value is -1.16. The Morgan fingerprint density at radius 1 is 1.14 bits per heavy atom. The lowest BCUT2D eigenvalue weighted by Crippen LogP contribution is -2.30. The third-order valence-corrected chi connectivity index (χ3v) is 5.82. The van der Waals surface area contributed by atoms with Crippen molar-refractivity contribution in [2.75, 3.05) is 4.90 Å². The van der Waals surface area contributed by atoms with Crippen molar-refractivity contribution in [1.82, 2.24) is 0 Å². The smallest absolute Gasteiger partial charge is 0.241 e. The van der Waals surface area contributed by atoms with Gasteiger partial charge in [-0.15, -0.1) is 11.8 Å². The van der Waals surface area contributed by atoms with Crippen molar-refractivity contribution in [3.8, 4) is 0 Å². The zero-order valence-electron chi connectivity index (χ0n) is 12.0. The van der Waals surface area contributed by atoms with Gasteiger partial charge in [0.1, 0.15) is 5.37 Å². The molecule has 1 aliphatic heterocycles. The predicted molar refractivity (Wildman–Crippen MR) is 94.8 cm³/mol. The summed E-state index contributed by atoms with van der Waals surface area (Å²) in [6, 6.07) is 15.2. The Bertz CT molecular complexity index is 692. The Morgan fingerprint density at radius 2 is 1.86 bits per heavy atom. The highest BCUT2D eigenvalue weighted by molar-refractivity contribution is 8.01. The predicted octanol–water partition coefficient (Wildman–Crippen LogP) is 5.55. The Balaban J connectivity index is 2.05. The summed E-state index contributed by atoms with van der Waals surface area (Å²) < 4.78 is 0. The molecule has 0 saturated carbocycles. The molecule has 2 aromatic rings. The number of halogens is 2. The number of carbonyl (C=O) groups excluding carboxylic acids is 1. The van der Waals surface area contributed by atoms with Crippen molar-refractivity contribution in [2.24, 2.45) is 0 Å². The van der Waals surface area contributed by atoms with Gasteiger partial charge in [-0.25, -0.2) is 0 Å². The van der Waals surface area contributed by atoms with Crippen LogP contribution in [0, 0.1) is 0 Å². The summed E-state index contributed by atoms with van der Waals surface area (Å²) in [6.07, 6.45) is 0.800. The van der Waals surface area contributed by atoms with E-state index >= 15 is 0 Å². The maximum absolute atomic E-state index is 12.7. The second-order valence-electron chi connectivity index (χ2n) is 5.09. The van der Waals surface area contributed by atoms with E-state index in [1.54, 1.807) is 17.8 Å². The molecule has 0 spiro atoms. The second kappa shape index (κ2) is 6.53. The molecule has 0 bridgehead atoms. The number of anilines is 1. The quantitative estimate of drug-likeness (QED) is 0.722. The highest BCUT2D eigenvalue weighted by Gasteiger charge is 2.41. The van der Waals surface area contributed by atoms with Gasteiger partial charge in [0.25, 0.3) is 0 Å². The number of hydrogen-bond donors (Lipinski definition) is 0. The van der Waals surface area contributed by atoms with E-state index in [2.05, 4.69) is 0 Å². The largest absolute Gasteiger partial charge is 0.295 e. The summed E-state index contributed by atoms with van der Waals surface area (Å²) in [7, 11) is 0. The first-order valence-corrected chi connectivity index (χ1v) is 8.80. The molecular weight excluding hydrogens is 337 g/mol. The van der Waals surface area contributed by atoms with E-state index in [1.807, 2.05) is 54.3 Å². The number of para-hydroxylation sites is 1. The van der Waals surface area contributed by atoms with Gasteiger partial charge in [-0.1, -0.05) is 54.4 Å². The molecule has 1 saturated heterocycles. The van der Waals surface area contributed by atoms with Crippen LogP contribution in [0.2, 0.25) is 10.0 Å². The van der Waals surface area contributed by atoms with Crippen molar-refractivity contribution in [1.29, 1.82) is 0 Å². The van der Waals surface area contributed by atoms with E-state index in [0.29, 0.717) is 10.0 Å². The minimum Gasteiger partial charge on any atom is -0.295 e. The lowest BCUT2D eigenvalue weighted by atomic mass is 10.1. The van der Waals surface area contributed by atoms with Crippen LogP contribution in [0.15, 0.2) is 48.5 Å². The first-order chi connectivity index (χ1) is 10.6. The van der Waals surface area contributed by atoms with Gasteiger partial charge in [-0.2, -0.15) is 0 Å². The molecule has 0 N–H and O–H groups in total. The van der Waals surface area contributed by atoms with Crippen LogP contribution in [0.25, 0.3) is 0 Å². The topological polar surface area (TPSA) is 20.3 Å². The van der Waals surface area contributed by atoms with Crippen LogP contribution in [0.3, 0.4) is 0 Å². The van der Waals surface area contributed by atoms with Crippen LogP contribution in [0.1, 0.15) is 24.3 Å². The number of nitrogens with zero attached hydrogens (tertiary/aromatic N) is 1. The lowest BCUT2D eigenvalue weighted by molar-refractivity contribution is -0.117. The third-order valence-electron chi connectivity index (χ3n) is 3.67. The van der Waals surface area contributed by atoms with Gasteiger partial charge >= 0.3 is 0 Å². The number of amides is 1. The molecule has 114 valence electrons. The van der Waals surface area contributed by atoms with Crippen molar-refractivity contribution in [3.05, 3.63) is 64.1 Å². The third kappa shape index (κ3) is 2.85. The first-order valence-electron chi connectivity index (χ1n) is 7.10. The van der Waals surface area contributed by atoms with Gasteiger partial charge in [-0.3, -0.25) is 9.69 Å². The zero-order valence-corrected chi connectivity index (χ0v) is 14.3. The summed E-state index contributed by atoms with van der Waals surface area (Å²) in [5.74, 6) is 0.134. The average molecular weight is 352 g/mol. The molecule has 5 heteroatoms. The molecule has 0 radical (unpaired) electrons. The second-order valence-corrected chi connectivity index (χ2v) is 7.23. The minimum atomic E-state index is -0.121. The van der Waals surface area contributed by atoms with Gasteiger partial charge < -0.3 is 0 Å². The SMILES string of the molecule is CCC1SC(c2ccc(Cl)cc2Cl)N(c2ccccc2)C1=O. The van der Waals surface area contributed by atoms with E-state index in [1.165, 1.54) is 0 Å². The Labute approximate surface area is 144 Å². The Kier molecular flexibility index (Phi) is 4.67. The maximum atomic E-state index is 12.7. The van der Waals surface area contributed by atoms with E-state index in [9.17, 15) is 4.79 Å². The fourth-order valence-corrected chi connectivity index (χ4v) is 4.59. The summed E-state index contributed by atoms with van der Waals surface area (Å²) in [5, 5.41) is 1.03. The number of carbonyl (C=O) groups is 1. The van der Waals surface area contributed by atoms with E-state index < -0.39 is 0 Å². The standard InChI is InChI=1S/C17H15Cl2NOS/c1-2-15-16(21)20(12-6-4-3-5-7-12)17(22-15)13-9-8-11(18)10-14(13)19/h3-10,15,17H,2H2,1H3. The minimum absolute atomic E-state index is 0.0445. The van der Waals surface area contributed by atoms with E-state index in [4.69, 9.17) is 23.2 Å². The average Bonchev–Trinajstić information content (AvgIpc) is 2.84. The summed E-state index contributed by atoms with van der Waals surface area (Å²) in [6.45, 7) is 2.03. The van der Waals surface area contributed by atoms with Crippen LogP contribution >= 0.6 is 35.0 Å². The van der Waals surface area contributed by atoms with Crippen molar-refractivity contribution in [2.45, 2.75) is 24.0 Å². The van der Waals surface area contributed by atoms with Crippen LogP contribution in [-0.4, -0.2) is 11.2 Å². The normalized spacial score (nSPS) is 21.4. The molecule has 3 rings (SSSR count). The fraction of sp³-hybridized carbons (Fsp3) is 0.235. The highest BCUT2D eigenvalue weighted by Crippen LogP contribution is 2.48. The highest BCUT2D eigenvalue weighted by atomic mass is 35.5. The molecule has 0 aliphatic carbocycles. The van der Waals surface area contributed by atoms with Gasteiger partial charge in [0.2, 0.25) is 5.91 Å². The molecule has 2 atom stereocenters. The molecule has 22 heavy (non-hydrogen) atoms. The summed E-state index contributed by atoms with van der Waals surface area (Å²) >= 11 is 14.0. The molecule has 0 aromatic heterocycles. The zero-order chi connectivity index (χ0) is 15.7. The number of rotatable bonds is 3. The van der Waals surface area contributed by atoms with Crippen LogP contribution in [0.5, 0.6) is 0 Å². The lowest BCUT2D eigenvalue weighted by Gasteiger charge is -2.25. The first kappa shape index (κ1) is 15.7. The van der Waals surface area contributed by atoms with Crippen LogP contribution < -0.4 is 4.90 Å². The maximum Gasteiger partial charge on any atom is 0.241 e. The molecule has 1 heterocycles. The molecule has 1 aliphatic rings. The van der Waals surface area contributed by atoms with Gasteiger partial charge in [0.05, 0.1) is 5.25 Å². The van der Waals surface area contributed by atoms with Crippen LogP contribution in [-0.2, 0) is 4.79 Å². The number of benzene rings is 2. The van der Waals surface area contributed by atoms with Crippen LogP contribution in [0.4, 0.5) is 5.69 Å².